The van der Waals surface area contributed by atoms with Crippen molar-refractivity contribution < 1.29 is 9.53 Å². The van der Waals surface area contributed by atoms with E-state index in [2.05, 4.69) is 20.9 Å². The number of urea groups is 1. The van der Waals surface area contributed by atoms with E-state index in [1.54, 1.807) is 43.6 Å². The van der Waals surface area contributed by atoms with Crippen LogP contribution in [0.1, 0.15) is 32.1 Å². The van der Waals surface area contributed by atoms with E-state index in [4.69, 9.17) is 16.3 Å². The van der Waals surface area contributed by atoms with Crippen molar-refractivity contribution in [3.05, 3.63) is 41.6 Å². The van der Waals surface area contributed by atoms with Crippen molar-refractivity contribution in [2.75, 3.05) is 17.7 Å². The van der Waals surface area contributed by atoms with Gasteiger partial charge in [0, 0.05) is 11.1 Å². The maximum Gasteiger partial charge on any atom is 0.319 e. The summed E-state index contributed by atoms with van der Waals surface area (Å²) in [5.74, 6) is 1.30. The summed E-state index contributed by atoms with van der Waals surface area (Å²) in [7, 11) is 1.60. The Labute approximate surface area is 158 Å². The van der Waals surface area contributed by atoms with Gasteiger partial charge in [-0.2, -0.15) is 0 Å². The van der Waals surface area contributed by atoms with Crippen LogP contribution in [0.15, 0.2) is 36.5 Å². The van der Waals surface area contributed by atoms with Gasteiger partial charge in [0.25, 0.3) is 0 Å². The van der Waals surface area contributed by atoms with Crippen molar-refractivity contribution in [2.24, 2.45) is 0 Å². The highest BCUT2D eigenvalue weighted by molar-refractivity contribution is 6.31. The number of pyridine rings is 1. The molecule has 1 aliphatic carbocycles. The highest BCUT2D eigenvalue weighted by Crippen LogP contribution is 2.30. The van der Waals surface area contributed by atoms with E-state index in [-0.39, 0.29) is 12.1 Å². The molecule has 0 bridgehead atoms. The standard InChI is InChI=1S/C19H23ClN4O2/c1-26-17-9-7-13(20)11-16(17)24-18-10-8-15(12-21-18)23-19(25)22-14-5-3-2-4-6-14/h7-12,14H,2-6H2,1H3,(H,21,24)(H2,22,23,25). The van der Waals surface area contributed by atoms with Gasteiger partial charge >= 0.3 is 6.03 Å². The Balaban J connectivity index is 1.58. The Morgan fingerprint density at radius 1 is 1.19 bits per heavy atom. The number of benzene rings is 1. The smallest absolute Gasteiger partial charge is 0.319 e. The number of aromatic nitrogens is 1. The fourth-order valence-electron chi connectivity index (χ4n) is 3.06. The Kier molecular flexibility index (Phi) is 6.17. The van der Waals surface area contributed by atoms with Gasteiger partial charge in [0.1, 0.15) is 11.6 Å². The Hall–Kier alpha value is -2.47. The predicted octanol–water partition coefficient (Wildman–Crippen LogP) is 4.94. The quantitative estimate of drug-likeness (QED) is 0.692. The molecule has 1 saturated carbocycles. The van der Waals surface area contributed by atoms with Gasteiger partial charge in [-0.1, -0.05) is 30.9 Å². The minimum Gasteiger partial charge on any atom is -0.495 e. The van der Waals surface area contributed by atoms with Gasteiger partial charge < -0.3 is 20.7 Å². The van der Waals surface area contributed by atoms with Crippen molar-refractivity contribution in [3.63, 3.8) is 0 Å². The molecule has 0 atom stereocenters. The number of methoxy groups -OCH3 is 1. The van der Waals surface area contributed by atoms with Crippen LogP contribution in [0.3, 0.4) is 0 Å². The molecule has 1 aromatic heterocycles. The molecule has 1 heterocycles. The van der Waals surface area contributed by atoms with E-state index in [9.17, 15) is 4.79 Å². The molecule has 1 fully saturated rings. The molecular weight excluding hydrogens is 352 g/mol. The average Bonchev–Trinajstić information content (AvgIpc) is 2.64. The van der Waals surface area contributed by atoms with Crippen LogP contribution in [0.4, 0.5) is 22.0 Å². The Bertz CT molecular complexity index is 746. The van der Waals surface area contributed by atoms with Crippen molar-refractivity contribution in [1.29, 1.82) is 0 Å². The molecule has 138 valence electrons. The van der Waals surface area contributed by atoms with Crippen molar-refractivity contribution in [2.45, 2.75) is 38.1 Å². The summed E-state index contributed by atoms with van der Waals surface area (Å²) in [6.07, 6.45) is 7.33. The van der Waals surface area contributed by atoms with E-state index >= 15 is 0 Å². The van der Waals surface area contributed by atoms with Crippen molar-refractivity contribution in [1.82, 2.24) is 10.3 Å². The fraction of sp³-hybridized carbons (Fsp3) is 0.368. The molecule has 3 N–H and O–H groups in total. The highest BCUT2D eigenvalue weighted by atomic mass is 35.5. The minimum absolute atomic E-state index is 0.184. The molecule has 0 unspecified atom stereocenters. The number of halogens is 1. The number of carbonyl (C=O) groups excluding carboxylic acids is 1. The van der Waals surface area contributed by atoms with Crippen molar-refractivity contribution >= 4 is 34.8 Å². The molecule has 3 rings (SSSR count). The zero-order valence-corrected chi connectivity index (χ0v) is 15.5. The fourth-order valence-corrected chi connectivity index (χ4v) is 3.23. The van der Waals surface area contributed by atoms with E-state index in [1.807, 2.05) is 0 Å². The maximum atomic E-state index is 12.1. The second-order valence-corrected chi connectivity index (χ2v) is 6.77. The molecule has 1 aromatic carbocycles. The lowest BCUT2D eigenvalue weighted by atomic mass is 9.96. The summed E-state index contributed by atoms with van der Waals surface area (Å²) in [6, 6.07) is 8.99. The average molecular weight is 375 g/mol. The normalized spacial score (nSPS) is 14.5. The molecule has 0 aliphatic heterocycles. The van der Waals surface area contributed by atoms with E-state index in [0.717, 1.165) is 18.5 Å². The molecule has 1 aliphatic rings. The highest BCUT2D eigenvalue weighted by Gasteiger charge is 2.15. The summed E-state index contributed by atoms with van der Waals surface area (Å²) in [4.78, 5) is 16.4. The first kappa shape index (κ1) is 18.3. The largest absolute Gasteiger partial charge is 0.495 e. The lowest BCUT2D eigenvalue weighted by Crippen LogP contribution is -2.39. The lowest BCUT2D eigenvalue weighted by Gasteiger charge is -2.22. The van der Waals surface area contributed by atoms with Gasteiger partial charge in [0.2, 0.25) is 0 Å². The van der Waals surface area contributed by atoms with Gasteiger partial charge in [0.05, 0.1) is 24.7 Å². The first-order valence-electron chi connectivity index (χ1n) is 8.78. The molecule has 2 aromatic rings. The molecule has 0 saturated heterocycles. The second kappa shape index (κ2) is 8.76. The van der Waals surface area contributed by atoms with Crippen LogP contribution < -0.4 is 20.7 Å². The van der Waals surface area contributed by atoms with E-state index in [1.165, 1.54) is 19.3 Å². The molecule has 7 heteroatoms. The Morgan fingerprint density at radius 3 is 2.69 bits per heavy atom. The predicted molar refractivity (Wildman–Crippen MR) is 105 cm³/mol. The van der Waals surface area contributed by atoms with Gasteiger partial charge in [-0.3, -0.25) is 0 Å². The van der Waals surface area contributed by atoms with Crippen LogP contribution in [0, 0.1) is 0 Å². The number of hydrogen-bond donors (Lipinski definition) is 3. The zero-order valence-electron chi connectivity index (χ0n) is 14.7. The molecule has 26 heavy (non-hydrogen) atoms. The summed E-state index contributed by atoms with van der Waals surface area (Å²) in [6.45, 7) is 0. The van der Waals surface area contributed by atoms with Crippen LogP contribution in [-0.2, 0) is 0 Å². The lowest BCUT2D eigenvalue weighted by molar-refractivity contribution is 0.244. The molecule has 6 nitrogen and oxygen atoms in total. The summed E-state index contributed by atoms with van der Waals surface area (Å²) < 4.78 is 5.31. The maximum absolute atomic E-state index is 12.1. The summed E-state index contributed by atoms with van der Waals surface area (Å²) in [5.41, 5.74) is 1.37. The molecule has 0 radical (unpaired) electrons. The number of nitrogens with one attached hydrogen (secondary N) is 3. The van der Waals surface area contributed by atoms with Crippen molar-refractivity contribution in [3.8, 4) is 5.75 Å². The topological polar surface area (TPSA) is 75.3 Å². The summed E-state index contributed by atoms with van der Waals surface area (Å²) >= 11 is 6.03. The summed E-state index contributed by atoms with van der Waals surface area (Å²) in [5, 5.41) is 9.61. The van der Waals surface area contributed by atoms with E-state index < -0.39 is 0 Å². The number of anilines is 3. The SMILES string of the molecule is COc1ccc(Cl)cc1Nc1ccc(NC(=O)NC2CCCCC2)cn1. The zero-order chi connectivity index (χ0) is 18.4. The Morgan fingerprint density at radius 2 is 2.00 bits per heavy atom. The van der Waals surface area contributed by atoms with Crippen LogP contribution >= 0.6 is 11.6 Å². The third-order valence-electron chi connectivity index (χ3n) is 4.39. The number of nitrogens with zero attached hydrogens (tertiary/aromatic N) is 1. The number of carbonyl (C=O) groups is 1. The van der Waals surface area contributed by atoms with Crippen LogP contribution in [-0.4, -0.2) is 24.2 Å². The van der Waals surface area contributed by atoms with Gasteiger partial charge in [-0.15, -0.1) is 0 Å². The first-order chi connectivity index (χ1) is 12.6. The number of hydrogen-bond acceptors (Lipinski definition) is 4. The van der Waals surface area contributed by atoms with Crippen LogP contribution in [0.5, 0.6) is 5.75 Å². The molecular formula is C19H23ClN4O2. The number of rotatable bonds is 5. The van der Waals surface area contributed by atoms with Crippen LogP contribution in [0.2, 0.25) is 5.02 Å². The van der Waals surface area contributed by atoms with E-state index in [0.29, 0.717) is 22.3 Å². The molecule has 0 spiro atoms. The molecule has 2 amide bonds. The van der Waals surface area contributed by atoms with Crippen LogP contribution in [0.25, 0.3) is 0 Å². The monoisotopic (exact) mass is 374 g/mol. The third kappa shape index (κ3) is 5.02. The third-order valence-corrected chi connectivity index (χ3v) is 4.62. The first-order valence-corrected chi connectivity index (χ1v) is 9.16. The van der Waals surface area contributed by atoms with Gasteiger partial charge in [0.15, 0.2) is 0 Å². The number of ether oxygens (including phenoxy) is 1. The number of amides is 2. The van der Waals surface area contributed by atoms with Gasteiger partial charge in [-0.05, 0) is 43.2 Å². The second-order valence-electron chi connectivity index (χ2n) is 6.34. The minimum atomic E-state index is -0.184. The van der Waals surface area contributed by atoms with Gasteiger partial charge in [-0.25, -0.2) is 9.78 Å².